The number of likely N-dealkylation sites (N-methyl/N-ethyl adjacent to an activating group) is 1. The fraction of sp³-hybridized carbons (Fsp3) is 0.368. The minimum Gasteiger partial charge on any atom is -0.335 e. The van der Waals surface area contributed by atoms with Crippen LogP contribution in [-0.2, 0) is 10.0 Å². The Kier molecular flexibility index (Phi) is 4.76. The number of rotatable bonds is 3. The van der Waals surface area contributed by atoms with E-state index in [1.165, 1.54) is 4.90 Å². The normalized spacial score (nSPS) is 22.5. The molecule has 1 saturated heterocycles. The zero-order valence-electron chi connectivity index (χ0n) is 14.5. The lowest BCUT2D eigenvalue weighted by Crippen LogP contribution is -3.12. The van der Waals surface area contributed by atoms with Crippen LogP contribution in [0.1, 0.15) is 22.7 Å². The second-order valence-corrected chi connectivity index (χ2v) is 8.59. The molecule has 0 bridgehead atoms. The van der Waals surface area contributed by atoms with Crippen LogP contribution < -0.4 is 4.90 Å². The zero-order chi connectivity index (χ0) is 17.3. The van der Waals surface area contributed by atoms with Gasteiger partial charge in [-0.2, -0.15) is 4.31 Å². The van der Waals surface area contributed by atoms with Gasteiger partial charge in [-0.3, -0.25) is 0 Å². The van der Waals surface area contributed by atoms with E-state index >= 15 is 0 Å². The molecule has 0 spiro atoms. The van der Waals surface area contributed by atoms with Crippen molar-refractivity contribution in [2.24, 2.45) is 0 Å². The summed E-state index contributed by atoms with van der Waals surface area (Å²) in [7, 11) is -1.38. The third kappa shape index (κ3) is 3.24. The van der Waals surface area contributed by atoms with Crippen molar-refractivity contribution in [2.75, 3.05) is 26.7 Å². The van der Waals surface area contributed by atoms with Crippen LogP contribution in [0.3, 0.4) is 0 Å². The maximum atomic E-state index is 13.3. The van der Waals surface area contributed by atoms with Gasteiger partial charge in [0.15, 0.2) is 0 Å². The first-order valence-electron chi connectivity index (χ1n) is 8.35. The molecule has 0 radical (unpaired) electrons. The highest BCUT2D eigenvalue weighted by molar-refractivity contribution is 7.89. The van der Waals surface area contributed by atoms with Gasteiger partial charge in [0.25, 0.3) is 0 Å². The maximum Gasteiger partial charge on any atom is 0.244 e. The zero-order valence-corrected chi connectivity index (χ0v) is 15.3. The summed E-state index contributed by atoms with van der Waals surface area (Å²) in [6.07, 6.45) is 0. The van der Waals surface area contributed by atoms with Gasteiger partial charge in [-0.05, 0) is 42.7 Å². The molecule has 128 valence electrons. The first kappa shape index (κ1) is 17.1. The number of nitrogens with zero attached hydrogens (tertiary/aromatic N) is 1. The van der Waals surface area contributed by atoms with E-state index in [2.05, 4.69) is 7.05 Å². The highest BCUT2D eigenvalue weighted by atomic mass is 32.2. The van der Waals surface area contributed by atoms with Gasteiger partial charge in [-0.1, -0.05) is 36.4 Å². The van der Waals surface area contributed by atoms with Crippen LogP contribution in [0.2, 0.25) is 0 Å². The number of sulfonamides is 1. The molecule has 1 heterocycles. The first-order valence-corrected chi connectivity index (χ1v) is 9.79. The fourth-order valence-corrected chi connectivity index (χ4v) is 4.95. The van der Waals surface area contributed by atoms with Gasteiger partial charge in [0.05, 0.1) is 37.6 Å². The number of quaternary nitrogens is 1. The van der Waals surface area contributed by atoms with E-state index < -0.39 is 10.0 Å². The van der Waals surface area contributed by atoms with Gasteiger partial charge in [-0.15, -0.1) is 0 Å². The van der Waals surface area contributed by atoms with E-state index in [1.807, 2.05) is 50.2 Å². The lowest BCUT2D eigenvalue weighted by molar-refractivity contribution is -0.887. The van der Waals surface area contributed by atoms with Crippen molar-refractivity contribution in [3.05, 3.63) is 65.2 Å². The molecule has 3 rings (SSSR count). The van der Waals surface area contributed by atoms with Gasteiger partial charge in [-0.25, -0.2) is 8.42 Å². The number of nitrogens with one attached hydrogen (secondary N) is 1. The molecule has 0 aromatic heterocycles. The van der Waals surface area contributed by atoms with Crippen LogP contribution in [0, 0.1) is 13.8 Å². The van der Waals surface area contributed by atoms with Crippen molar-refractivity contribution >= 4 is 10.0 Å². The van der Waals surface area contributed by atoms with Gasteiger partial charge >= 0.3 is 0 Å². The Balaban J connectivity index is 2.02. The van der Waals surface area contributed by atoms with Crippen molar-refractivity contribution in [1.29, 1.82) is 0 Å². The van der Waals surface area contributed by atoms with E-state index in [0.29, 0.717) is 11.4 Å². The Labute approximate surface area is 144 Å². The molecule has 0 saturated carbocycles. The summed E-state index contributed by atoms with van der Waals surface area (Å²) < 4.78 is 28.2. The smallest absolute Gasteiger partial charge is 0.244 e. The molecule has 1 N–H and O–H groups in total. The summed E-state index contributed by atoms with van der Waals surface area (Å²) >= 11 is 0. The SMILES string of the molecule is Cc1ccc(S(=O)(=O)N2CC[NH+](C)C[C@@H]2c2ccccc2)cc1C. The van der Waals surface area contributed by atoms with Gasteiger partial charge in [0.2, 0.25) is 10.0 Å². The molecule has 1 fully saturated rings. The highest BCUT2D eigenvalue weighted by Crippen LogP contribution is 2.28. The standard InChI is InChI=1S/C19H24N2O2S/c1-15-9-10-18(13-16(15)2)24(22,23)21-12-11-20(3)14-19(21)17-7-5-4-6-8-17/h4-10,13,19H,11-12,14H2,1-3H3/p+1/t19-/m1/s1. The quantitative estimate of drug-likeness (QED) is 0.917. The molecule has 2 aromatic rings. The van der Waals surface area contributed by atoms with Crippen molar-refractivity contribution in [1.82, 2.24) is 4.31 Å². The van der Waals surface area contributed by atoms with Crippen molar-refractivity contribution in [2.45, 2.75) is 24.8 Å². The Morgan fingerprint density at radius 1 is 1.04 bits per heavy atom. The molecular weight excluding hydrogens is 320 g/mol. The third-order valence-corrected chi connectivity index (χ3v) is 6.82. The van der Waals surface area contributed by atoms with Gasteiger partial charge in [0, 0.05) is 0 Å². The van der Waals surface area contributed by atoms with Crippen molar-refractivity contribution in [3.63, 3.8) is 0 Å². The number of hydrogen-bond donors (Lipinski definition) is 1. The predicted molar refractivity (Wildman–Crippen MR) is 95.6 cm³/mol. The molecule has 1 aliphatic heterocycles. The van der Waals surface area contributed by atoms with E-state index in [9.17, 15) is 8.42 Å². The fourth-order valence-electron chi connectivity index (χ4n) is 3.25. The number of hydrogen-bond acceptors (Lipinski definition) is 2. The summed E-state index contributed by atoms with van der Waals surface area (Å²) in [5, 5.41) is 0. The maximum absolute atomic E-state index is 13.3. The molecule has 1 aliphatic rings. The van der Waals surface area contributed by atoms with Crippen LogP contribution in [0.5, 0.6) is 0 Å². The molecular formula is C19H25N2O2S+. The Morgan fingerprint density at radius 3 is 2.42 bits per heavy atom. The molecule has 0 aliphatic carbocycles. The van der Waals surface area contributed by atoms with Crippen LogP contribution in [0.4, 0.5) is 0 Å². The minimum atomic E-state index is -3.50. The molecule has 2 aromatic carbocycles. The van der Waals surface area contributed by atoms with E-state index in [1.54, 1.807) is 16.4 Å². The number of piperazine rings is 1. The van der Waals surface area contributed by atoms with Gasteiger partial charge < -0.3 is 4.90 Å². The lowest BCUT2D eigenvalue weighted by Gasteiger charge is -2.37. The number of aryl methyl sites for hydroxylation is 2. The molecule has 0 amide bonds. The number of benzene rings is 2. The second kappa shape index (κ2) is 6.67. The monoisotopic (exact) mass is 345 g/mol. The summed E-state index contributed by atoms with van der Waals surface area (Å²) in [6, 6.07) is 15.2. The van der Waals surface area contributed by atoms with Gasteiger partial charge in [0.1, 0.15) is 0 Å². The summed E-state index contributed by atoms with van der Waals surface area (Å²) in [5.41, 5.74) is 3.17. The lowest BCUT2D eigenvalue weighted by atomic mass is 10.1. The third-order valence-electron chi connectivity index (χ3n) is 4.92. The van der Waals surface area contributed by atoms with Crippen LogP contribution in [-0.4, -0.2) is 39.4 Å². The molecule has 5 heteroatoms. The van der Waals surface area contributed by atoms with Crippen LogP contribution in [0.25, 0.3) is 0 Å². The van der Waals surface area contributed by atoms with Crippen LogP contribution in [0.15, 0.2) is 53.4 Å². The Hall–Kier alpha value is -1.69. The summed E-state index contributed by atoms with van der Waals surface area (Å²) in [6.45, 7) is 6.11. The van der Waals surface area contributed by atoms with Crippen molar-refractivity contribution in [3.8, 4) is 0 Å². The van der Waals surface area contributed by atoms with E-state index in [-0.39, 0.29) is 6.04 Å². The molecule has 1 unspecified atom stereocenters. The van der Waals surface area contributed by atoms with E-state index in [0.717, 1.165) is 29.8 Å². The van der Waals surface area contributed by atoms with Crippen LogP contribution >= 0.6 is 0 Å². The molecule has 2 atom stereocenters. The predicted octanol–water partition coefficient (Wildman–Crippen LogP) is 1.56. The van der Waals surface area contributed by atoms with E-state index in [4.69, 9.17) is 0 Å². The first-order chi connectivity index (χ1) is 11.4. The topological polar surface area (TPSA) is 41.8 Å². The largest absolute Gasteiger partial charge is 0.335 e. The second-order valence-electron chi connectivity index (χ2n) is 6.70. The average Bonchev–Trinajstić information content (AvgIpc) is 2.57. The minimum absolute atomic E-state index is 0.119. The summed E-state index contributed by atoms with van der Waals surface area (Å²) in [4.78, 5) is 1.75. The molecule has 24 heavy (non-hydrogen) atoms. The Morgan fingerprint density at radius 2 is 1.75 bits per heavy atom. The highest BCUT2D eigenvalue weighted by Gasteiger charge is 2.38. The van der Waals surface area contributed by atoms with Crippen molar-refractivity contribution < 1.29 is 13.3 Å². The Bertz CT molecular complexity index is 819. The average molecular weight is 345 g/mol. The molecule has 4 nitrogen and oxygen atoms in total. The summed E-state index contributed by atoms with van der Waals surface area (Å²) in [5.74, 6) is 0.